The fourth-order valence-electron chi connectivity index (χ4n) is 2.01. The van der Waals surface area contributed by atoms with E-state index in [1.54, 1.807) is 0 Å². The van der Waals surface area contributed by atoms with Gasteiger partial charge in [-0.2, -0.15) is 5.10 Å². The summed E-state index contributed by atoms with van der Waals surface area (Å²) in [5.74, 6) is 0. The second kappa shape index (κ2) is 5.95. The molecule has 6 heteroatoms. The lowest BCUT2D eigenvalue weighted by atomic mass is 10.1. The van der Waals surface area contributed by atoms with E-state index in [9.17, 15) is 5.11 Å². The number of nitrogens with zero attached hydrogens (tertiary/aromatic N) is 2. The van der Waals surface area contributed by atoms with E-state index in [0.717, 1.165) is 32.8 Å². The Labute approximate surface area is 130 Å². The van der Waals surface area contributed by atoms with Gasteiger partial charge in [-0.1, -0.05) is 11.6 Å². The molecule has 0 radical (unpaired) electrons. The Bertz CT molecular complexity index is 594. The summed E-state index contributed by atoms with van der Waals surface area (Å²) in [5, 5.41) is 17.5. The maximum Gasteiger partial charge on any atom is 0.0952 e. The van der Waals surface area contributed by atoms with Crippen molar-refractivity contribution in [3.63, 3.8) is 0 Å². The zero-order valence-corrected chi connectivity index (χ0v) is 14.2. The Morgan fingerprint density at radius 1 is 1.53 bits per heavy atom. The Hall–Kier alpha value is -0.360. The van der Waals surface area contributed by atoms with Crippen molar-refractivity contribution < 1.29 is 5.11 Å². The van der Waals surface area contributed by atoms with Crippen molar-refractivity contribution in [2.45, 2.75) is 39.8 Å². The summed E-state index contributed by atoms with van der Waals surface area (Å²) in [6, 6.07) is 0. The van der Waals surface area contributed by atoms with Crippen LogP contribution in [-0.2, 0) is 13.0 Å². The average Bonchev–Trinajstić information content (AvgIpc) is 2.84. The second-order valence-electron chi connectivity index (χ2n) is 4.48. The van der Waals surface area contributed by atoms with Crippen molar-refractivity contribution >= 4 is 38.9 Å². The van der Waals surface area contributed by atoms with Crippen LogP contribution in [-0.4, -0.2) is 14.9 Å². The van der Waals surface area contributed by atoms with Gasteiger partial charge in [0.15, 0.2) is 0 Å². The first-order chi connectivity index (χ1) is 8.95. The predicted octanol–water partition coefficient (Wildman–Crippen LogP) is 4.27. The fraction of sp³-hybridized carbons (Fsp3) is 0.462. The van der Waals surface area contributed by atoms with E-state index in [2.05, 4.69) is 21.0 Å². The fourth-order valence-corrected chi connectivity index (χ4v) is 3.77. The lowest BCUT2D eigenvalue weighted by Gasteiger charge is -2.11. The Morgan fingerprint density at radius 3 is 2.74 bits per heavy atom. The van der Waals surface area contributed by atoms with Crippen LogP contribution in [0.25, 0.3) is 0 Å². The van der Waals surface area contributed by atoms with Crippen LogP contribution < -0.4 is 0 Å². The van der Waals surface area contributed by atoms with Crippen LogP contribution in [0.3, 0.4) is 0 Å². The van der Waals surface area contributed by atoms with Gasteiger partial charge in [-0.3, -0.25) is 4.68 Å². The smallest absolute Gasteiger partial charge is 0.0952 e. The largest absolute Gasteiger partial charge is 0.387 e. The third-order valence-electron chi connectivity index (χ3n) is 3.07. The van der Waals surface area contributed by atoms with Gasteiger partial charge in [0.1, 0.15) is 0 Å². The lowest BCUT2D eigenvalue weighted by Crippen LogP contribution is -2.08. The second-order valence-corrected chi connectivity index (χ2v) is 6.56. The third-order valence-corrected chi connectivity index (χ3v) is 5.91. The van der Waals surface area contributed by atoms with Crippen LogP contribution >= 0.6 is 38.9 Å². The highest BCUT2D eigenvalue weighted by molar-refractivity contribution is 9.10. The molecule has 2 aromatic heterocycles. The monoisotopic (exact) mass is 362 g/mol. The SMILES string of the molecule is CCn1nc(C)c(Br)c1CC(O)c1scc(C)c1Cl. The van der Waals surface area contributed by atoms with Gasteiger partial charge >= 0.3 is 0 Å². The van der Waals surface area contributed by atoms with Crippen LogP contribution in [0.1, 0.15) is 34.9 Å². The minimum Gasteiger partial charge on any atom is -0.387 e. The molecule has 2 heterocycles. The van der Waals surface area contributed by atoms with Gasteiger partial charge in [0.2, 0.25) is 0 Å². The number of halogens is 2. The minimum atomic E-state index is -0.594. The Morgan fingerprint density at radius 2 is 2.21 bits per heavy atom. The van der Waals surface area contributed by atoms with Gasteiger partial charge in [0.25, 0.3) is 0 Å². The van der Waals surface area contributed by atoms with Gasteiger partial charge in [-0.25, -0.2) is 0 Å². The van der Waals surface area contributed by atoms with Crippen molar-refractivity contribution in [3.05, 3.63) is 36.7 Å². The molecule has 1 unspecified atom stereocenters. The molecule has 0 aliphatic carbocycles. The molecule has 0 aromatic carbocycles. The number of hydrogen-bond donors (Lipinski definition) is 1. The molecular weight excluding hydrogens is 348 g/mol. The third kappa shape index (κ3) is 2.89. The van der Waals surface area contributed by atoms with Gasteiger partial charge < -0.3 is 5.11 Å². The van der Waals surface area contributed by atoms with E-state index >= 15 is 0 Å². The van der Waals surface area contributed by atoms with E-state index in [0.29, 0.717) is 11.4 Å². The standard InChI is InChI=1S/C13H16BrClN2OS/c1-4-17-9(11(14)8(3)16-17)5-10(18)13-12(15)7(2)6-19-13/h6,10,18H,4-5H2,1-3H3. The summed E-state index contributed by atoms with van der Waals surface area (Å²) >= 11 is 11.3. The highest BCUT2D eigenvalue weighted by atomic mass is 79.9. The number of aryl methyl sites for hydroxylation is 3. The van der Waals surface area contributed by atoms with Gasteiger partial charge in [0, 0.05) is 13.0 Å². The molecule has 0 saturated carbocycles. The zero-order chi connectivity index (χ0) is 14.2. The number of thiophene rings is 1. The molecule has 2 rings (SSSR count). The molecule has 0 fully saturated rings. The minimum absolute atomic E-state index is 0.509. The van der Waals surface area contributed by atoms with Crippen molar-refractivity contribution in [2.75, 3.05) is 0 Å². The first kappa shape index (κ1) is 15.0. The summed E-state index contributed by atoms with van der Waals surface area (Å²) in [6.45, 7) is 6.72. The van der Waals surface area contributed by atoms with E-state index in [1.165, 1.54) is 11.3 Å². The summed E-state index contributed by atoms with van der Waals surface area (Å²) < 4.78 is 2.88. The zero-order valence-electron chi connectivity index (χ0n) is 11.1. The van der Waals surface area contributed by atoms with Crippen molar-refractivity contribution in [1.29, 1.82) is 0 Å². The number of aliphatic hydroxyl groups excluding tert-OH is 1. The quantitative estimate of drug-likeness (QED) is 0.880. The highest BCUT2D eigenvalue weighted by Crippen LogP contribution is 2.35. The van der Waals surface area contributed by atoms with Crippen molar-refractivity contribution in [2.24, 2.45) is 0 Å². The molecule has 0 aliphatic heterocycles. The molecule has 2 aromatic rings. The molecular formula is C13H16BrClN2OS. The summed E-state index contributed by atoms with van der Waals surface area (Å²) in [7, 11) is 0. The molecule has 19 heavy (non-hydrogen) atoms. The van der Waals surface area contributed by atoms with E-state index in [1.807, 2.05) is 30.8 Å². The molecule has 104 valence electrons. The van der Waals surface area contributed by atoms with Crippen molar-refractivity contribution in [1.82, 2.24) is 9.78 Å². The number of aromatic nitrogens is 2. The average molecular weight is 364 g/mol. The van der Waals surface area contributed by atoms with Gasteiger partial charge in [0.05, 0.1) is 31.9 Å². The van der Waals surface area contributed by atoms with Crippen LogP contribution in [0.2, 0.25) is 5.02 Å². The van der Waals surface area contributed by atoms with E-state index in [4.69, 9.17) is 11.6 Å². The molecule has 0 spiro atoms. The number of hydrogen-bond acceptors (Lipinski definition) is 3. The molecule has 0 amide bonds. The maximum absolute atomic E-state index is 10.4. The van der Waals surface area contributed by atoms with Gasteiger partial charge in [-0.15, -0.1) is 11.3 Å². The number of aliphatic hydroxyl groups is 1. The molecule has 1 atom stereocenters. The Kier molecular flexibility index (Phi) is 4.71. The number of rotatable bonds is 4. The predicted molar refractivity (Wildman–Crippen MR) is 83.1 cm³/mol. The Balaban J connectivity index is 2.28. The highest BCUT2D eigenvalue weighted by Gasteiger charge is 2.20. The lowest BCUT2D eigenvalue weighted by molar-refractivity contribution is 0.179. The molecule has 1 N–H and O–H groups in total. The first-order valence-corrected chi connectivity index (χ1v) is 8.14. The van der Waals surface area contributed by atoms with Crippen LogP contribution in [0.4, 0.5) is 0 Å². The van der Waals surface area contributed by atoms with E-state index < -0.39 is 6.10 Å². The summed E-state index contributed by atoms with van der Waals surface area (Å²) in [6.07, 6.45) is -0.0847. The molecule has 0 aliphatic rings. The molecule has 0 bridgehead atoms. The van der Waals surface area contributed by atoms with Crippen LogP contribution in [0, 0.1) is 13.8 Å². The molecule has 3 nitrogen and oxygen atoms in total. The van der Waals surface area contributed by atoms with Gasteiger partial charge in [-0.05, 0) is 47.6 Å². The summed E-state index contributed by atoms with van der Waals surface area (Å²) in [4.78, 5) is 0.826. The normalized spacial score (nSPS) is 12.9. The van der Waals surface area contributed by atoms with E-state index in [-0.39, 0.29) is 0 Å². The van der Waals surface area contributed by atoms with Crippen molar-refractivity contribution in [3.8, 4) is 0 Å². The summed E-state index contributed by atoms with van der Waals surface area (Å²) in [5.41, 5.74) is 2.96. The molecule has 0 saturated heterocycles. The van der Waals surface area contributed by atoms with Crippen LogP contribution in [0.5, 0.6) is 0 Å². The first-order valence-electron chi connectivity index (χ1n) is 6.09. The van der Waals surface area contributed by atoms with Crippen LogP contribution in [0.15, 0.2) is 9.85 Å². The maximum atomic E-state index is 10.4. The topological polar surface area (TPSA) is 38.0 Å².